The predicted molar refractivity (Wildman–Crippen MR) is 120 cm³/mol. The minimum Gasteiger partial charge on any atom is -0.317 e. The average molecular weight is 418 g/mol. The summed E-state index contributed by atoms with van der Waals surface area (Å²) in [4.78, 5) is 4.84. The fraction of sp³-hybridized carbons (Fsp3) is 0.227. The molecule has 0 fully saturated rings. The molecular weight excluding hydrogens is 395 g/mol. The van der Waals surface area contributed by atoms with Crippen molar-refractivity contribution < 1.29 is 4.57 Å². The van der Waals surface area contributed by atoms with E-state index < -0.39 is 7.44 Å². The van der Waals surface area contributed by atoms with Crippen LogP contribution in [0, 0.1) is 25.2 Å². The van der Waals surface area contributed by atoms with Crippen LogP contribution in [0.5, 0.6) is 0 Å². The third-order valence-corrected chi connectivity index (χ3v) is 7.84. The Hall–Kier alpha value is -3.36. The van der Waals surface area contributed by atoms with E-state index in [2.05, 4.69) is 16.3 Å². The number of fused-ring (bicyclic) bond motifs is 1. The number of nitrogens with one attached hydrogen (secondary N) is 1. The minimum absolute atomic E-state index is 0.301. The zero-order valence-corrected chi connectivity index (χ0v) is 18.1. The van der Waals surface area contributed by atoms with E-state index in [1.165, 1.54) is 0 Å². The summed E-state index contributed by atoms with van der Waals surface area (Å²) in [6, 6.07) is 19.6. The standard InChI is InChI=1S/C22H23N6OP/c1-16-10-12-19(13-11-16)26-30(29)20-17(2)25-28(15-7-14-23)22(20)24-21(27(30)3)18-8-5-4-6-9-18/h4-6,8-13H,7,15H2,1-3H3,(H,26,29). The fourth-order valence-corrected chi connectivity index (χ4v) is 5.97. The van der Waals surface area contributed by atoms with Crippen molar-refractivity contribution in [1.29, 1.82) is 5.26 Å². The van der Waals surface area contributed by atoms with Crippen LogP contribution < -0.4 is 10.4 Å². The molecule has 1 aliphatic rings. The third-order valence-electron chi connectivity index (χ3n) is 5.11. The first-order valence-corrected chi connectivity index (χ1v) is 11.4. The highest BCUT2D eigenvalue weighted by Gasteiger charge is 2.43. The Balaban J connectivity index is 1.90. The van der Waals surface area contributed by atoms with Crippen LogP contribution in [0.25, 0.3) is 0 Å². The van der Waals surface area contributed by atoms with E-state index in [4.69, 9.17) is 10.3 Å². The van der Waals surface area contributed by atoms with E-state index in [1.807, 2.05) is 68.4 Å². The number of rotatable bonds is 5. The Morgan fingerprint density at radius 2 is 1.80 bits per heavy atom. The summed E-state index contributed by atoms with van der Waals surface area (Å²) in [5.41, 5.74) is 3.40. The van der Waals surface area contributed by atoms with Crippen LogP contribution in [0.3, 0.4) is 0 Å². The normalized spacial score (nSPS) is 17.8. The lowest BCUT2D eigenvalue weighted by Crippen LogP contribution is -2.36. The smallest absolute Gasteiger partial charge is 0.296 e. The first-order valence-electron chi connectivity index (χ1n) is 9.72. The number of hydrogen-bond donors (Lipinski definition) is 1. The highest BCUT2D eigenvalue weighted by Crippen LogP contribution is 2.53. The van der Waals surface area contributed by atoms with Gasteiger partial charge >= 0.3 is 0 Å². The number of anilines is 1. The van der Waals surface area contributed by atoms with E-state index >= 15 is 0 Å². The van der Waals surface area contributed by atoms with Crippen LogP contribution in [0.4, 0.5) is 11.5 Å². The van der Waals surface area contributed by atoms with Crippen molar-refractivity contribution in [2.24, 2.45) is 4.99 Å². The molecule has 8 heteroatoms. The van der Waals surface area contributed by atoms with Gasteiger partial charge in [-0.1, -0.05) is 48.0 Å². The molecule has 7 nitrogen and oxygen atoms in total. The molecule has 2 heterocycles. The van der Waals surface area contributed by atoms with Crippen LogP contribution in [0.1, 0.15) is 23.2 Å². The van der Waals surface area contributed by atoms with E-state index in [0.29, 0.717) is 35.6 Å². The maximum absolute atomic E-state index is 14.5. The topological polar surface area (TPSA) is 86.3 Å². The van der Waals surface area contributed by atoms with Crippen molar-refractivity contribution in [2.45, 2.75) is 26.8 Å². The molecule has 1 unspecified atom stereocenters. The lowest BCUT2D eigenvalue weighted by Gasteiger charge is -2.35. The SMILES string of the molecule is Cc1ccc(NP2(=O)c3c(C)nn(CCC#N)c3N=C(c3ccccc3)N2C)cc1. The lowest BCUT2D eigenvalue weighted by atomic mass is 10.2. The average Bonchev–Trinajstić information content (AvgIpc) is 3.07. The van der Waals surface area contributed by atoms with Crippen molar-refractivity contribution in [3.63, 3.8) is 0 Å². The van der Waals surface area contributed by atoms with Gasteiger partial charge in [0.2, 0.25) is 0 Å². The molecule has 152 valence electrons. The Labute approximate surface area is 176 Å². The Morgan fingerprint density at radius 3 is 2.47 bits per heavy atom. The van der Waals surface area contributed by atoms with Crippen molar-refractivity contribution >= 4 is 30.1 Å². The van der Waals surface area contributed by atoms with Gasteiger partial charge in [0.15, 0.2) is 5.82 Å². The van der Waals surface area contributed by atoms with Gasteiger partial charge in [0.05, 0.1) is 24.7 Å². The second-order valence-electron chi connectivity index (χ2n) is 7.27. The number of aliphatic imine (C=N–C) groups is 1. The van der Waals surface area contributed by atoms with Crippen molar-refractivity contribution in [1.82, 2.24) is 14.5 Å². The van der Waals surface area contributed by atoms with Gasteiger partial charge in [-0.2, -0.15) is 10.4 Å². The van der Waals surface area contributed by atoms with Crippen molar-refractivity contribution in [2.75, 3.05) is 12.1 Å². The Morgan fingerprint density at radius 1 is 1.10 bits per heavy atom. The van der Waals surface area contributed by atoms with Gasteiger partial charge in [-0.3, -0.25) is 9.24 Å². The van der Waals surface area contributed by atoms with Crippen molar-refractivity contribution in [3.8, 4) is 6.07 Å². The van der Waals surface area contributed by atoms with Gasteiger partial charge in [0.1, 0.15) is 11.1 Å². The first kappa shape index (κ1) is 19.9. The van der Waals surface area contributed by atoms with Crippen molar-refractivity contribution in [3.05, 3.63) is 71.4 Å². The molecule has 0 saturated carbocycles. The molecule has 1 aromatic heterocycles. The summed E-state index contributed by atoms with van der Waals surface area (Å²) in [6.07, 6.45) is 0.301. The second-order valence-corrected chi connectivity index (χ2v) is 9.69. The number of nitriles is 1. The molecule has 0 amide bonds. The summed E-state index contributed by atoms with van der Waals surface area (Å²) in [5, 5.41) is 17.5. The molecule has 1 N–H and O–H groups in total. The summed E-state index contributed by atoms with van der Waals surface area (Å²) in [5.74, 6) is 1.15. The number of hydrogen-bond acceptors (Lipinski definition) is 4. The number of amidine groups is 1. The molecule has 4 rings (SSSR count). The van der Waals surface area contributed by atoms with Crippen LogP contribution in [-0.2, 0) is 11.1 Å². The number of benzene rings is 2. The quantitative estimate of drug-likeness (QED) is 0.622. The highest BCUT2D eigenvalue weighted by atomic mass is 31.2. The van der Waals surface area contributed by atoms with E-state index in [0.717, 1.165) is 16.8 Å². The second kappa shape index (κ2) is 7.81. The monoisotopic (exact) mass is 418 g/mol. The van der Waals surface area contributed by atoms with E-state index in [1.54, 1.807) is 16.4 Å². The van der Waals surface area contributed by atoms with Crippen LogP contribution >= 0.6 is 7.44 Å². The lowest BCUT2D eigenvalue weighted by molar-refractivity contribution is 0.553. The predicted octanol–water partition coefficient (Wildman–Crippen LogP) is 4.37. The summed E-state index contributed by atoms with van der Waals surface area (Å²) < 4.78 is 18.0. The molecule has 0 radical (unpaired) electrons. The Bertz CT molecular complexity index is 1190. The zero-order chi connectivity index (χ0) is 21.3. The molecule has 0 bridgehead atoms. The minimum atomic E-state index is -3.32. The van der Waals surface area contributed by atoms with Gasteiger partial charge < -0.3 is 5.09 Å². The molecule has 0 aliphatic carbocycles. The van der Waals surface area contributed by atoms with Crippen LogP contribution in [-0.4, -0.2) is 27.3 Å². The first-order chi connectivity index (χ1) is 14.4. The number of aryl methyl sites for hydroxylation is 3. The number of nitrogens with zero attached hydrogens (tertiary/aromatic N) is 5. The maximum Gasteiger partial charge on any atom is 0.296 e. The molecule has 30 heavy (non-hydrogen) atoms. The van der Waals surface area contributed by atoms with Crippen LogP contribution in [0.2, 0.25) is 0 Å². The molecular formula is C22H23N6OP. The summed E-state index contributed by atoms with van der Waals surface area (Å²) in [7, 11) is -1.52. The molecule has 1 atom stereocenters. The van der Waals surface area contributed by atoms with Gasteiger partial charge in [0.25, 0.3) is 7.44 Å². The zero-order valence-electron chi connectivity index (χ0n) is 17.2. The summed E-state index contributed by atoms with van der Waals surface area (Å²) >= 11 is 0. The summed E-state index contributed by atoms with van der Waals surface area (Å²) in [6.45, 7) is 4.24. The third kappa shape index (κ3) is 3.40. The van der Waals surface area contributed by atoms with Crippen LogP contribution in [0.15, 0.2) is 59.6 Å². The van der Waals surface area contributed by atoms with E-state index in [9.17, 15) is 4.57 Å². The maximum atomic E-state index is 14.5. The molecule has 2 aromatic carbocycles. The molecule has 1 aliphatic heterocycles. The van der Waals surface area contributed by atoms with E-state index in [-0.39, 0.29) is 0 Å². The van der Waals surface area contributed by atoms with Gasteiger partial charge in [0, 0.05) is 18.3 Å². The Kier molecular flexibility index (Phi) is 5.19. The largest absolute Gasteiger partial charge is 0.317 e. The molecule has 3 aromatic rings. The molecule has 0 saturated heterocycles. The fourth-order valence-electron chi connectivity index (χ4n) is 3.57. The van der Waals surface area contributed by atoms with Gasteiger partial charge in [-0.15, -0.1) is 0 Å². The number of aromatic nitrogens is 2. The van der Waals surface area contributed by atoms with Gasteiger partial charge in [-0.05, 0) is 26.0 Å². The highest BCUT2D eigenvalue weighted by molar-refractivity contribution is 7.72. The van der Waals surface area contributed by atoms with Gasteiger partial charge in [-0.25, -0.2) is 9.67 Å². The molecule has 0 spiro atoms.